The van der Waals surface area contributed by atoms with Gasteiger partial charge < -0.3 is 10.6 Å². The van der Waals surface area contributed by atoms with E-state index in [1.807, 2.05) is 0 Å². The molecular formula is C14H22N4S. The van der Waals surface area contributed by atoms with Gasteiger partial charge in [0.2, 0.25) is 0 Å². The zero-order valence-corrected chi connectivity index (χ0v) is 12.5. The van der Waals surface area contributed by atoms with Crippen molar-refractivity contribution in [2.75, 3.05) is 18.0 Å². The van der Waals surface area contributed by atoms with Crippen molar-refractivity contribution in [1.82, 2.24) is 9.38 Å². The number of rotatable bonds is 4. The number of hydrogen-bond donors (Lipinski definition) is 1. The molecule has 0 bridgehead atoms. The lowest BCUT2D eigenvalue weighted by atomic mass is 10.0. The van der Waals surface area contributed by atoms with E-state index in [2.05, 4.69) is 34.7 Å². The average Bonchev–Trinajstić information content (AvgIpc) is 3.04. The van der Waals surface area contributed by atoms with Crippen LogP contribution in [0.25, 0.3) is 4.96 Å². The molecular weight excluding hydrogens is 256 g/mol. The first-order valence-electron chi connectivity index (χ1n) is 7.13. The molecule has 2 N–H and O–H groups in total. The highest BCUT2D eigenvalue weighted by Crippen LogP contribution is 2.33. The average molecular weight is 278 g/mol. The maximum Gasteiger partial charge on any atom is 0.195 e. The van der Waals surface area contributed by atoms with Crippen LogP contribution in [-0.2, 0) is 6.42 Å². The summed E-state index contributed by atoms with van der Waals surface area (Å²) in [5, 5.41) is 2.09. The Morgan fingerprint density at radius 2 is 2.37 bits per heavy atom. The molecule has 1 atom stereocenters. The quantitative estimate of drug-likeness (QED) is 0.935. The highest BCUT2D eigenvalue weighted by molar-refractivity contribution is 7.15. The minimum Gasteiger partial charge on any atom is -0.352 e. The van der Waals surface area contributed by atoms with E-state index in [4.69, 9.17) is 10.7 Å². The molecule has 1 saturated heterocycles. The van der Waals surface area contributed by atoms with Gasteiger partial charge in [0.25, 0.3) is 0 Å². The minimum absolute atomic E-state index is 0.626. The molecule has 19 heavy (non-hydrogen) atoms. The van der Waals surface area contributed by atoms with E-state index < -0.39 is 0 Å². The number of aromatic nitrogens is 2. The zero-order valence-electron chi connectivity index (χ0n) is 11.7. The Morgan fingerprint density at radius 1 is 1.53 bits per heavy atom. The van der Waals surface area contributed by atoms with Crippen LogP contribution in [0.5, 0.6) is 0 Å². The normalized spacial score (nSPS) is 20.0. The van der Waals surface area contributed by atoms with E-state index in [1.54, 1.807) is 11.3 Å². The second-order valence-corrected chi connectivity index (χ2v) is 6.50. The van der Waals surface area contributed by atoms with Gasteiger partial charge in [0.1, 0.15) is 0 Å². The Morgan fingerprint density at radius 3 is 3.11 bits per heavy atom. The summed E-state index contributed by atoms with van der Waals surface area (Å²) in [6.07, 6.45) is 5.57. The van der Waals surface area contributed by atoms with Gasteiger partial charge in [0, 0.05) is 30.6 Å². The van der Waals surface area contributed by atoms with Gasteiger partial charge in [0.05, 0.1) is 5.69 Å². The molecule has 3 heterocycles. The van der Waals surface area contributed by atoms with Crippen molar-refractivity contribution in [3.63, 3.8) is 0 Å². The summed E-state index contributed by atoms with van der Waals surface area (Å²) in [5.74, 6) is 1.85. The van der Waals surface area contributed by atoms with Crippen LogP contribution >= 0.6 is 11.3 Å². The highest BCUT2D eigenvalue weighted by atomic mass is 32.1. The van der Waals surface area contributed by atoms with Crippen molar-refractivity contribution in [3.05, 3.63) is 17.3 Å². The van der Waals surface area contributed by atoms with E-state index in [0.717, 1.165) is 17.9 Å². The van der Waals surface area contributed by atoms with Crippen LogP contribution in [0.15, 0.2) is 11.6 Å². The molecule has 2 aromatic rings. The summed E-state index contributed by atoms with van der Waals surface area (Å²) in [6, 6.07) is 0.626. The summed E-state index contributed by atoms with van der Waals surface area (Å²) >= 11 is 1.70. The number of nitrogens with two attached hydrogens (primary N) is 1. The number of nitrogens with zero attached hydrogens (tertiary/aromatic N) is 3. The second-order valence-electron chi connectivity index (χ2n) is 5.62. The molecule has 1 unspecified atom stereocenters. The summed E-state index contributed by atoms with van der Waals surface area (Å²) in [6.45, 7) is 6.43. The monoisotopic (exact) mass is 278 g/mol. The molecule has 0 spiro atoms. The van der Waals surface area contributed by atoms with Crippen LogP contribution in [0.4, 0.5) is 5.82 Å². The second kappa shape index (κ2) is 5.13. The van der Waals surface area contributed by atoms with Gasteiger partial charge in [-0.2, -0.15) is 0 Å². The fraction of sp³-hybridized carbons (Fsp3) is 0.643. The van der Waals surface area contributed by atoms with Crippen LogP contribution in [0.2, 0.25) is 0 Å². The summed E-state index contributed by atoms with van der Waals surface area (Å²) in [5.41, 5.74) is 7.07. The van der Waals surface area contributed by atoms with Crippen molar-refractivity contribution < 1.29 is 0 Å². The Bertz CT molecular complexity index is 557. The van der Waals surface area contributed by atoms with Gasteiger partial charge in [-0.15, -0.1) is 11.3 Å². The third kappa shape index (κ3) is 2.15. The largest absolute Gasteiger partial charge is 0.352 e. The molecule has 1 aliphatic heterocycles. The van der Waals surface area contributed by atoms with Crippen molar-refractivity contribution in [3.8, 4) is 0 Å². The number of anilines is 1. The van der Waals surface area contributed by atoms with Crippen molar-refractivity contribution in [2.24, 2.45) is 11.7 Å². The number of imidazole rings is 1. The van der Waals surface area contributed by atoms with Crippen LogP contribution < -0.4 is 10.6 Å². The maximum absolute atomic E-state index is 5.79. The van der Waals surface area contributed by atoms with E-state index in [9.17, 15) is 0 Å². The first-order chi connectivity index (χ1) is 9.22. The molecule has 0 saturated carbocycles. The third-order valence-corrected chi connectivity index (χ3v) is 4.82. The Kier molecular flexibility index (Phi) is 3.50. The maximum atomic E-state index is 5.79. The van der Waals surface area contributed by atoms with Crippen LogP contribution in [0, 0.1) is 5.92 Å². The van der Waals surface area contributed by atoms with E-state index in [-0.39, 0.29) is 0 Å². The van der Waals surface area contributed by atoms with Gasteiger partial charge in [-0.05, 0) is 25.3 Å². The van der Waals surface area contributed by atoms with Gasteiger partial charge in [-0.1, -0.05) is 13.8 Å². The van der Waals surface area contributed by atoms with Crippen LogP contribution in [-0.4, -0.2) is 28.5 Å². The highest BCUT2D eigenvalue weighted by Gasteiger charge is 2.31. The molecule has 0 aliphatic carbocycles. The summed E-state index contributed by atoms with van der Waals surface area (Å²) < 4.78 is 2.21. The Hall–Kier alpha value is -1.07. The predicted octanol–water partition coefficient (Wildman–Crippen LogP) is 2.52. The lowest BCUT2D eigenvalue weighted by molar-refractivity contribution is 0.489. The Balaban J connectivity index is 2.03. The van der Waals surface area contributed by atoms with Crippen molar-refractivity contribution >= 4 is 22.1 Å². The fourth-order valence-electron chi connectivity index (χ4n) is 3.17. The first-order valence-corrected chi connectivity index (χ1v) is 8.01. The molecule has 4 nitrogen and oxygen atoms in total. The number of fused-ring (bicyclic) bond motifs is 1. The lowest BCUT2D eigenvalue weighted by Gasteiger charge is -2.28. The molecule has 0 aromatic carbocycles. The van der Waals surface area contributed by atoms with Gasteiger partial charge >= 0.3 is 0 Å². The van der Waals surface area contributed by atoms with Crippen molar-refractivity contribution in [2.45, 2.75) is 39.2 Å². The van der Waals surface area contributed by atoms with Crippen molar-refractivity contribution in [1.29, 1.82) is 0 Å². The lowest BCUT2D eigenvalue weighted by Crippen LogP contribution is -2.34. The topological polar surface area (TPSA) is 46.6 Å². The Labute approximate surface area is 118 Å². The molecule has 0 amide bonds. The fourth-order valence-corrected chi connectivity index (χ4v) is 3.90. The van der Waals surface area contributed by atoms with E-state index in [1.165, 1.54) is 24.4 Å². The molecule has 3 rings (SSSR count). The number of hydrogen-bond acceptors (Lipinski definition) is 4. The summed E-state index contributed by atoms with van der Waals surface area (Å²) in [4.78, 5) is 8.46. The number of thiazole rings is 1. The standard InChI is InChI=1S/C14H22N4S/c1-10(2)11-4-3-7-17(11)13-12(5-6-15)18-8-9-19-14(18)16-13/h8-11H,3-7,15H2,1-2H3. The van der Waals surface area contributed by atoms with Crippen LogP contribution in [0.3, 0.4) is 0 Å². The molecule has 1 fully saturated rings. The van der Waals surface area contributed by atoms with E-state index >= 15 is 0 Å². The van der Waals surface area contributed by atoms with Gasteiger partial charge in [-0.3, -0.25) is 4.40 Å². The van der Waals surface area contributed by atoms with Gasteiger partial charge in [-0.25, -0.2) is 4.98 Å². The molecule has 5 heteroatoms. The molecule has 104 valence electrons. The molecule has 1 aliphatic rings. The zero-order chi connectivity index (χ0) is 13.4. The smallest absolute Gasteiger partial charge is 0.195 e. The molecule has 2 aromatic heterocycles. The van der Waals surface area contributed by atoms with Gasteiger partial charge in [0.15, 0.2) is 10.8 Å². The SMILES string of the molecule is CC(C)C1CCCN1c1nc2sccn2c1CCN. The molecule has 0 radical (unpaired) electrons. The first kappa shape index (κ1) is 12.9. The predicted molar refractivity (Wildman–Crippen MR) is 81.0 cm³/mol. The van der Waals surface area contributed by atoms with Crippen LogP contribution in [0.1, 0.15) is 32.4 Å². The van der Waals surface area contributed by atoms with E-state index in [0.29, 0.717) is 18.5 Å². The third-order valence-electron chi connectivity index (χ3n) is 4.06. The summed E-state index contributed by atoms with van der Waals surface area (Å²) in [7, 11) is 0. The minimum atomic E-state index is 0.626.